The SMILES string of the molecule is CC[C@H](Nc1nc(N)nc(N)c1C#N)c1nc2cccc(Cl)c2c(=O)n1-c1cc(F)cc(F)c1. The molecule has 0 saturated carbocycles. The molecular weight excluding hydrogens is 466 g/mol. The fourth-order valence-electron chi connectivity index (χ4n) is 3.58. The summed E-state index contributed by atoms with van der Waals surface area (Å²) in [7, 11) is 0. The van der Waals surface area contributed by atoms with Gasteiger partial charge in [0.2, 0.25) is 5.95 Å². The van der Waals surface area contributed by atoms with E-state index in [1.807, 2.05) is 6.07 Å². The molecule has 0 aliphatic heterocycles. The summed E-state index contributed by atoms with van der Waals surface area (Å²) < 4.78 is 29.2. The Balaban J connectivity index is 2.01. The zero-order valence-electron chi connectivity index (χ0n) is 17.7. The Morgan fingerprint density at radius 2 is 1.88 bits per heavy atom. The second-order valence-electron chi connectivity index (χ2n) is 7.28. The summed E-state index contributed by atoms with van der Waals surface area (Å²) in [6.45, 7) is 1.78. The predicted octanol–water partition coefficient (Wildman–Crippen LogP) is 3.71. The summed E-state index contributed by atoms with van der Waals surface area (Å²) in [6.07, 6.45) is 0.324. The van der Waals surface area contributed by atoms with E-state index in [-0.39, 0.29) is 50.6 Å². The van der Waals surface area contributed by atoms with E-state index in [1.165, 1.54) is 6.07 Å². The first-order valence-electron chi connectivity index (χ1n) is 10.0. The van der Waals surface area contributed by atoms with E-state index in [4.69, 9.17) is 23.1 Å². The molecule has 1 atom stereocenters. The summed E-state index contributed by atoms with van der Waals surface area (Å²) >= 11 is 6.26. The van der Waals surface area contributed by atoms with Crippen LogP contribution in [0.3, 0.4) is 0 Å². The number of hydrogen-bond acceptors (Lipinski definition) is 8. The lowest BCUT2D eigenvalue weighted by molar-refractivity contribution is 0.578. The molecule has 4 rings (SSSR count). The molecule has 0 aliphatic carbocycles. The monoisotopic (exact) mass is 482 g/mol. The van der Waals surface area contributed by atoms with Gasteiger partial charge in [-0.1, -0.05) is 24.6 Å². The molecule has 34 heavy (non-hydrogen) atoms. The van der Waals surface area contributed by atoms with Gasteiger partial charge in [-0.05, 0) is 30.7 Å². The predicted molar refractivity (Wildman–Crippen MR) is 124 cm³/mol. The van der Waals surface area contributed by atoms with Crippen molar-refractivity contribution >= 4 is 40.1 Å². The maximum absolute atomic E-state index is 14.1. The van der Waals surface area contributed by atoms with Gasteiger partial charge in [0.05, 0.1) is 27.7 Å². The molecule has 0 saturated heterocycles. The average Bonchev–Trinajstić information content (AvgIpc) is 2.76. The first kappa shape index (κ1) is 22.9. The first-order valence-corrected chi connectivity index (χ1v) is 10.4. The number of hydrogen-bond donors (Lipinski definition) is 3. The number of halogens is 3. The Hall–Kier alpha value is -4.30. The second kappa shape index (κ2) is 8.92. The minimum absolute atomic E-state index is 0.0248. The number of fused-ring (bicyclic) bond motifs is 1. The van der Waals surface area contributed by atoms with Crippen LogP contribution in [0, 0.1) is 23.0 Å². The van der Waals surface area contributed by atoms with Crippen LogP contribution in [0.4, 0.5) is 26.4 Å². The largest absolute Gasteiger partial charge is 0.382 e. The van der Waals surface area contributed by atoms with Gasteiger partial charge in [-0.3, -0.25) is 9.36 Å². The normalized spacial score (nSPS) is 11.9. The summed E-state index contributed by atoms with van der Waals surface area (Å²) in [6, 6.07) is 8.59. The van der Waals surface area contributed by atoms with Crippen LogP contribution in [0.1, 0.15) is 30.8 Å². The molecule has 172 valence electrons. The standard InChI is InChI=1S/C22H17ClF2N8O/c1-2-15(29-19-13(9-26)18(27)31-22(28)32-19)20-30-16-5-3-4-14(23)17(16)21(34)33(20)12-7-10(24)6-11(25)8-12/h3-8,15H,2H2,1H3,(H5,27,28,29,31,32)/t15-/m0/s1. The van der Waals surface area contributed by atoms with Gasteiger partial charge in [-0.25, -0.2) is 13.8 Å². The highest BCUT2D eigenvalue weighted by Crippen LogP contribution is 2.28. The molecule has 5 N–H and O–H groups in total. The van der Waals surface area contributed by atoms with Gasteiger partial charge in [0, 0.05) is 6.07 Å². The molecule has 0 bridgehead atoms. The van der Waals surface area contributed by atoms with Crippen molar-refractivity contribution in [3.8, 4) is 11.8 Å². The molecule has 0 fully saturated rings. The number of aromatic nitrogens is 4. The van der Waals surface area contributed by atoms with Gasteiger partial charge in [-0.2, -0.15) is 15.2 Å². The molecule has 0 unspecified atom stereocenters. The van der Waals surface area contributed by atoms with Crippen molar-refractivity contribution in [2.75, 3.05) is 16.8 Å². The summed E-state index contributed by atoms with van der Waals surface area (Å²) in [5.74, 6) is -1.93. The molecule has 9 nitrogen and oxygen atoms in total. The number of nitrogens with one attached hydrogen (secondary N) is 1. The fourth-order valence-corrected chi connectivity index (χ4v) is 3.83. The summed E-state index contributed by atoms with van der Waals surface area (Å²) in [5.41, 5.74) is 11.0. The van der Waals surface area contributed by atoms with E-state index in [1.54, 1.807) is 19.1 Å². The van der Waals surface area contributed by atoms with Gasteiger partial charge >= 0.3 is 0 Å². The number of nitrogens with zero attached hydrogens (tertiary/aromatic N) is 5. The lowest BCUT2D eigenvalue weighted by Crippen LogP contribution is -2.29. The van der Waals surface area contributed by atoms with Crippen LogP contribution in [-0.4, -0.2) is 19.5 Å². The van der Waals surface area contributed by atoms with E-state index in [9.17, 15) is 18.8 Å². The second-order valence-corrected chi connectivity index (χ2v) is 7.69. The molecule has 0 spiro atoms. The van der Waals surface area contributed by atoms with Crippen molar-refractivity contribution < 1.29 is 8.78 Å². The Kier molecular flexibility index (Phi) is 6.00. The van der Waals surface area contributed by atoms with Crippen LogP contribution in [0.5, 0.6) is 0 Å². The lowest BCUT2D eigenvalue weighted by atomic mass is 10.1. The van der Waals surface area contributed by atoms with Gasteiger partial charge in [0.1, 0.15) is 34.9 Å². The van der Waals surface area contributed by atoms with Gasteiger partial charge < -0.3 is 16.8 Å². The van der Waals surface area contributed by atoms with Gasteiger partial charge in [0.15, 0.2) is 5.82 Å². The number of anilines is 3. The van der Waals surface area contributed by atoms with Crippen molar-refractivity contribution in [3.05, 3.63) is 74.8 Å². The number of nitriles is 1. The number of benzene rings is 2. The zero-order valence-corrected chi connectivity index (χ0v) is 18.4. The smallest absolute Gasteiger partial charge is 0.267 e. The Labute approximate surface area is 196 Å². The Morgan fingerprint density at radius 3 is 2.53 bits per heavy atom. The zero-order chi connectivity index (χ0) is 24.6. The highest BCUT2D eigenvalue weighted by molar-refractivity contribution is 6.35. The third-order valence-electron chi connectivity index (χ3n) is 5.08. The number of rotatable bonds is 5. The maximum Gasteiger partial charge on any atom is 0.267 e. The van der Waals surface area contributed by atoms with Crippen LogP contribution in [0.2, 0.25) is 5.02 Å². The quantitative estimate of drug-likeness (QED) is 0.389. The van der Waals surface area contributed by atoms with E-state index < -0.39 is 23.2 Å². The van der Waals surface area contributed by atoms with E-state index in [0.717, 1.165) is 16.7 Å². The molecule has 4 aromatic rings. The van der Waals surface area contributed by atoms with Crippen LogP contribution in [0.15, 0.2) is 41.2 Å². The molecule has 2 heterocycles. The minimum Gasteiger partial charge on any atom is -0.382 e. The van der Waals surface area contributed by atoms with Crippen LogP contribution in [0.25, 0.3) is 16.6 Å². The molecule has 12 heteroatoms. The third kappa shape index (κ3) is 4.06. The molecule has 2 aromatic heterocycles. The van der Waals surface area contributed by atoms with Gasteiger partial charge in [-0.15, -0.1) is 0 Å². The maximum atomic E-state index is 14.1. The number of nitrogens with two attached hydrogens (primary N) is 2. The molecule has 0 amide bonds. The van der Waals surface area contributed by atoms with E-state index in [2.05, 4.69) is 20.3 Å². The van der Waals surface area contributed by atoms with Crippen molar-refractivity contribution in [1.29, 1.82) is 5.26 Å². The third-order valence-corrected chi connectivity index (χ3v) is 5.39. The van der Waals surface area contributed by atoms with Crippen molar-refractivity contribution in [2.24, 2.45) is 0 Å². The van der Waals surface area contributed by atoms with E-state index >= 15 is 0 Å². The molecule has 0 aliphatic rings. The van der Waals surface area contributed by atoms with Crippen molar-refractivity contribution in [3.63, 3.8) is 0 Å². The highest BCUT2D eigenvalue weighted by atomic mass is 35.5. The molecule has 0 radical (unpaired) electrons. The van der Waals surface area contributed by atoms with E-state index in [0.29, 0.717) is 12.5 Å². The van der Waals surface area contributed by atoms with Crippen LogP contribution in [-0.2, 0) is 0 Å². The van der Waals surface area contributed by atoms with Crippen LogP contribution < -0.4 is 22.3 Å². The molecular formula is C22H17ClF2N8O. The molecule has 2 aromatic carbocycles. The first-order chi connectivity index (χ1) is 16.2. The number of nitrogen functional groups attached to an aromatic ring is 2. The van der Waals surface area contributed by atoms with Crippen LogP contribution >= 0.6 is 11.6 Å². The fraction of sp³-hybridized carbons (Fsp3) is 0.136. The summed E-state index contributed by atoms with van der Waals surface area (Å²) in [4.78, 5) is 25.9. The van der Waals surface area contributed by atoms with Crippen molar-refractivity contribution in [1.82, 2.24) is 19.5 Å². The van der Waals surface area contributed by atoms with Gasteiger partial charge in [0.25, 0.3) is 5.56 Å². The summed E-state index contributed by atoms with van der Waals surface area (Å²) in [5, 5.41) is 12.7. The average molecular weight is 483 g/mol. The lowest BCUT2D eigenvalue weighted by Gasteiger charge is -2.23. The Morgan fingerprint density at radius 1 is 1.18 bits per heavy atom. The van der Waals surface area contributed by atoms with Crippen molar-refractivity contribution in [2.45, 2.75) is 19.4 Å². The minimum atomic E-state index is -0.878. The highest BCUT2D eigenvalue weighted by Gasteiger charge is 2.24. The Bertz CT molecular complexity index is 1510. The topological polar surface area (TPSA) is 149 Å².